The van der Waals surface area contributed by atoms with Crippen LogP contribution in [-0.2, 0) is 4.79 Å². The highest BCUT2D eigenvalue weighted by Crippen LogP contribution is 2.36. The zero-order chi connectivity index (χ0) is 18.9. The number of anilines is 2. The summed E-state index contributed by atoms with van der Waals surface area (Å²) in [6, 6.07) is 14.3. The van der Waals surface area contributed by atoms with Gasteiger partial charge < -0.3 is 10.6 Å². The molecule has 0 aliphatic carbocycles. The second-order valence-corrected chi connectivity index (χ2v) is 9.35. The van der Waals surface area contributed by atoms with Crippen LogP contribution >= 0.6 is 62.1 Å². The van der Waals surface area contributed by atoms with Crippen LogP contribution in [0.1, 0.15) is 9.67 Å². The van der Waals surface area contributed by atoms with E-state index in [2.05, 4.69) is 26.6 Å². The molecule has 9 heteroatoms. The third kappa shape index (κ3) is 4.32. The third-order valence-corrected chi connectivity index (χ3v) is 6.17. The van der Waals surface area contributed by atoms with Gasteiger partial charge in [-0.2, -0.15) is 0 Å². The van der Waals surface area contributed by atoms with Gasteiger partial charge in [-0.25, -0.2) is 0 Å². The third-order valence-electron chi connectivity index (χ3n) is 3.40. The van der Waals surface area contributed by atoms with Gasteiger partial charge in [-0.1, -0.05) is 53.0 Å². The van der Waals surface area contributed by atoms with Crippen molar-refractivity contribution in [3.05, 3.63) is 57.9 Å². The number of amides is 2. The van der Waals surface area contributed by atoms with Gasteiger partial charge in [0.2, 0.25) is 0 Å². The van der Waals surface area contributed by atoms with E-state index in [-0.39, 0.29) is 5.91 Å². The molecule has 134 valence electrons. The summed E-state index contributed by atoms with van der Waals surface area (Å²) in [5.41, 5.74) is 1.02. The van der Waals surface area contributed by atoms with Gasteiger partial charge in [-0.05, 0) is 46.3 Å². The highest BCUT2D eigenvalue weighted by molar-refractivity contribution is 9.10. The second kappa shape index (κ2) is 7.74. The van der Waals surface area contributed by atoms with Crippen LogP contribution < -0.4 is 10.6 Å². The van der Waals surface area contributed by atoms with Crippen LogP contribution in [0.15, 0.2) is 53.0 Å². The fraction of sp³-hybridized carbons (Fsp3) is 0.0588. The van der Waals surface area contributed by atoms with Crippen molar-refractivity contribution in [3.63, 3.8) is 0 Å². The van der Waals surface area contributed by atoms with E-state index in [9.17, 15) is 9.59 Å². The van der Waals surface area contributed by atoms with Gasteiger partial charge in [-0.3, -0.25) is 9.59 Å². The van der Waals surface area contributed by atoms with E-state index in [0.29, 0.717) is 16.3 Å². The summed E-state index contributed by atoms with van der Waals surface area (Å²) < 4.78 is -0.253. The standard InChI is InChI=1S/C17H10BrCl3N2O2S/c18-13-11-3-1-2-4-12(11)26-14(13)15(24)22-9-5-7-10(8-6-9)23-16(25)17(19,20)21/h1-8H,(H,22,24)(H,23,25). The minimum absolute atomic E-state index is 0.226. The van der Waals surface area contributed by atoms with Crippen LogP contribution in [0.5, 0.6) is 0 Å². The van der Waals surface area contributed by atoms with E-state index in [1.54, 1.807) is 24.3 Å². The Morgan fingerprint density at radius 3 is 2.08 bits per heavy atom. The fourth-order valence-corrected chi connectivity index (χ4v) is 4.22. The lowest BCUT2D eigenvalue weighted by atomic mass is 10.2. The molecule has 0 radical (unpaired) electrons. The first-order chi connectivity index (χ1) is 12.3. The van der Waals surface area contributed by atoms with E-state index in [0.717, 1.165) is 14.6 Å². The Labute approximate surface area is 176 Å². The van der Waals surface area contributed by atoms with Gasteiger partial charge in [0.15, 0.2) is 0 Å². The topological polar surface area (TPSA) is 58.2 Å². The molecule has 0 saturated heterocycles. The lowest BCUT2D eigenvalue weighted by molar-refractivity contribution is -0.115. The molecule has 3 aromatic rings. The lowest BCUT2D eigenvalue weighted by Crippen LogP contribution is -2.26. The van der Waals surface area contributed by atoms with Crippen molar-refractivity contribution < 1.29 is 9.59 Å². The fourth-order valence-electron chi connectivity index (χ4n) is 2.19. The zero-order valence-corrected chi connectivity index (χ0v) is 17.5. The molecule has 0 saturated carbocycles. The number of halogens is 4. The number of carbonyl (C=O) groups is 2. The average molecular weight is 493 g/mol. The predicted molar refractivity (Wildman–Crippen MR) is 113 cm³/mol. The monoisotopic (exact) mass is 490 g/mol. The van der Waals surface area contributed by atoms with Gasteiger partial charge >= 0.3 is 0 Å². The first kappa shape index (κ1) is 19.5. The molecule has 4 nitrogen and oxygen atoms in total. The highest BCUT2D eigenvalue weighted by atomic mass is 79.9. The Kier molecular flexibility index (Phi) is 5.79. The molecule has 2 amide bonds. The first-order valence-electron chi connectivity index (χ1n) is 7.22. The van der Waals surface area contributed by atoms with Crippen molar-refractivity contribution in [2.45, 2.75) is 3.79 Å². The summed E-state index contributed by atoms with van der Waals surface area (Å²) in [4.78, 5) is 24.8. The van der Waals surface area contributed by atoms with Crippen LogP contribution in [0.2, 0.25) is 0 Å². The SMILES string of the molecule is O=C(Nc1ccc(NC(=O)C(Cl)(Cl)Cl)cc1)c1sc2ccccc2c1Br. The van der Waals surface area contributed by atoms with Crippen LogP contribution in [-0.4, -0.2) is 15.6 Å². The number of alkyl halides is 3. The molecule has 0 aliphatic heterocycles. The van der Waals surface area contributed by atoms with Crippen molar-refractivity contribution in [2.24, 2.45) is 0 Å². The Bertz CT molecular complexity index is 984. The van der Waals surface area contributed by atoms with E-state index in [1.807, 2.05) is 24.3 Å². The number of carbonyl (C=O) groups excluding carboxylic acids is 2. The number of hydrogen-bond donors (Lipinski definition) is 2. The van der Waals surface area contributed by atoms with Crippen LogP contribution in [0.4, 0.5) is 11.4 Å². The van der Waals surface area contributed by atoms with Gasteiger partial charge in [0.1, 0.15) is 4.88 Å². The predicted octanol–water partition coefficient (Wildman–Crippen LogP) is 6.22. The van der Waals surface area contributed by atoms with Gasteiger partial charge in [0.25, 0.3) is 15.6 Å². The Hall–Kier alpha value is -1.31. The number of rotatable bonds is 3. The molecule has 2 aromatic carbocycles. The molecule has 0 aliphatic rings. The maximum atomic E-state index is 12.5. The minimum Gasteiger partial charge on any atom is -0.322 e. The molecule has 0 spiro atoms. The van der Waals surface area contributed by atoms with Gasteiger partial charge in [0, 0.05) is 25.9 Å². The summed E-state index contributed by atoms with van der Waals surface area (Å²) >= 11 is 21.4. The highest BCUT2D eigenvalue weighted by Gasteiger charge is 2.30. The Morgan fingerprint density at radius 1 is 0.923 bits per heavy atom. The van der Waals surface area contributed by atoms with Crippen molar-refractivity contribution in [2.75, 3.05) is 10.6 Å². The number of thiophene rings is 1. The number of benzene rings is 2. The van der Waals surface area contributed by atoms with Crippen molar-refractivity contribution in [3.8, 4) is 0 Å². The lowest BCUT2D eigenvalue weighted by Gasteiger charge is -2.12. The van der Waals surface area contributed by atoms with Crippen molar-refractivity contribution in [1.82, 2.24) is 0 Å². The summed E-state index contributed by atoms with van der Waals surface area (Å²) in [5.74, 6) is -0.982. The quantitative estimate of drug-likeness (QED) is 0.426. The van der Waals surface area contributed by atoms with E-state index < -0.39 is 9.70 Å². The average Bonchev–Trinajstić information content (AvgIpc) is 2.93. The molecule has 1 aromatic heterocycles. The molecule has 0 unspecified atom stereocenters. The number of hydrogen-bond acceptors (Lipinski definition) is 3. The summed E-state index contributed by atoms with van der Waals surface area (Å²) in [7, 11) is 0. The van der Waals surface area contributed by atoms with Gasteiger partial charge in [0.05, 0.1) is 0 Å². The Balaban J connectivity index is 1.73. The molecule has 26 heavy (non-hydrogen) atoms. The molecular formula is C17H10BrCl3N2O2S. The molecule has 0 bridgehead atoms. The molecule has 1 heterocycles. The minimum atomic E-state index is -2.04. The Morgan fingerprint density at radius 2 is 1.50 bits per heavy atom. The number of fused-ring (bicyclic) bond motifs is 1. The molecule has 3 rings (SSSR count). The summed E-state index contributed by atoms with van der Waals surface area (Å²) in [6.07, 6.45) is 0. The molecular weight excluding hydrogens is 483 g/mol. The van der Waals surface area contributed by atoms with E-state index >= 15 is 0 Å². The smallest absolute Gasteiger partial charge is 0.276 e. The van der Waals surface area contributed by atoms with Gasteiger partial charge in [-0.15, -0.1) is 11.3 Å². The molecule has 2 N–H and O–H groups in total. The summed E-state index contributed by atoms with van der Waals surface area (Å²) in [6.45, 7) is 0. The largest absolute Gasteiger partial charge is 0.322 e. The van der Waals surface area contributed by atoms with Crippen molar-refractivity contribution in [1.29, 1.82) is 0 Å². The van der Waals surface area contributed by atoms with E-state index in [1.165, 1.54) is 11.3 Å². The zero-order valence-electron chi connectivity index (χ0n) is 12.9. The van der Waals surface area contributed by atoms with Crippen LogP contribution in [0.25, 0.3) is 10.1 Å². The first-order valence-corrected chi connectivity index (χ1v) is 9.96. The number of nitrogens with one attached hydrogen (secondary N) is 2. The second-order valence-electron chi connectivity index (χ2n) is 5.22. The normalized spacial score (nSPS) is 11.4. The maximum absolute atomic E-state index is 12.5. The molecule has 0 atom stereocenters. The van der Waals surface area contributed by atoms with E-state index in [4.69, 9.17) is 34.8 Å². The molecule has 0 fully saturated rings. The van der Waals surface area contributed by atoms with Crippen molar-refractivity contribution >= 4 is 95.3 Å². The maximum Gasteiger partial charge on any atom is 0.276 e. The summed E-state index contributed by atoms with van der Waals surface area (Å²) in [5, 5.41) is 6.28. The van der Waals surface area contributed by atoms with Crippen LogP contribution in [0.3, 0.4) is 0 Å². The van der Waals surface area contributed by atoms with Crippen LogP contribution in [0, 0.1) is 0 Å².